The molecule has 0 aliphatic carbocycles. The van der Waals surface area contributed by atoms with Crippen LogP contribution in [0.2, 0.25) is 0 Å². The molecule has 0 amide bonds. The number of ether oxygens (including phenoxy) is 2. The normalized spacial score (nSPS) is 11.2. The standard InChI is InChI=1S/C23H27NO5/c1-4-24(5-2)12-9-13-28-20-15-19-21(22(26)23(20)27-3)17(25)14-18(29-19)16-10-7-6-8-11-16/h6-8,10-11,14-15,26H,4-5,9,12-13H2,1-3H3. The summed E-state index contributed by atoms with van der Waals surface area (Å²) in [5, 5.41) is 10.7. The molecule has 0 radical (unpaired) electrons. The molecule has 6 heteroatoms. The van der Waals surface area contributed by atoms with Gasteiger partial charge in [-0.15, -0.1) is 0 Å². The number of fused-ring (bicyclic) bond motifs is 1. The highest BCUT2D eigenvalue weighted by molar-refractivity contribution is 5.89. The van der Waals surface area contributed by atoms with Crippen molar-refractivity contribution in [1.29, 1.82) is 0 Å². The van der Waals surface area contributed by atoms with Crippen LogP contribution < -0.4 is 14.9 Å². The van der Waals surface area contributed by atoms with Gasteiger partial charge in [-0.2, -0.15) is 0 Å². The summed E-state index contributed by atoms with van der Waals surface area (Å²) >= 11 is 0. The van der Waals surface area contributed by atoms with Crippen molar-refractivity contribution < 1.29 is 19.0 Å². The maximum Gasteiger partial charge on any atom is 0.204 e. The van der Waals surface area contributed by atoms with Gasteiger partial charge in [-0.3, -0.25) is 4.79 Å². The van der Waals surface area contributed by atoms with E-state index in [0.29, 0.717) is 18.1 Å². The van der Waals surface area contributed by atoms with Crippen LogP contribution in [0.25, 0.3) is 22.3 Å². The first-order chi connectivity index (χ1) is 14.1. The molecule has 0 saturated heterocycles. The molecule has 0 aliphatic heterocycles. The summed E-state index contributed by atoms with van der Waals surface area (Å²) in [6.45, 7) is 7.61. The van der Waals surface area contributed by atoms with Gasteiger partial charge in [0.1, 0.15) is 16.7 Å². The zero-order chi connectivity index (χ0) is 20.8. The van der Waals surface area contributed by atoms with Crippen molar-refractivity contribution in [1.82, 2.24) is 4.90 Å². The first-order valence-corrected chi connectivity index (χ1v) is 9.87. The number of benzene rings is 2. The van der Waals surface area contributed by atoms with E-state index >= 15 is 0 Å². The van der Waals surface area contributed by atoms with Crippen LogP contribution >= 0.6 is 0 Å². The summed E-state index contributed by atoms with van der Waals surface area (Å²) in [5.74, 6) is 0.655. The Morgan fingerprint density at radius 1 is 1.10 bits per heavy atom. The Hall–Kier alpha value is -2.99. The van der Waals surface area contributed by atoms with E-state index in [-0.39, 0.29) is 27.9 Å². The Morgan fingerprint density at radius 3 is 2.48 bits per heavy atom. The maximum atomic E-state index is 12.7. The Bertz CT molecular complexity index is 1010. The molecular weight excluding hydrogens is 370 g/mol. The van der Waals surface area contributed by atoms with Crippen LogP contribution in [0.4, 0.5) is 0 Å². The monoisotopic (exact) mass is 397 g/mol. The third-order valence-corrected chi connectivity index (χ3v) is 4.95. The Labute approximate surface area is 170 Å². The first kappa shape index (κ1) is 20.7. The van der Waals surface area contributed by atoms with E-state index < -0.39 is 0 Å². The molecule has 1 N–H and O–H groups in total. The predicted octanol–water partition coefficient (Wildman–Crippen LogP) is 4.28. The van der Waals surface area contributed by atoms with Gasteiger partial charge in [0, 0.05) is 24.2 Å². The largest absolute Gasteiger partial charge is 0.504 e. The molecule has 154 valence electrons. The fourth-order valence-electron chi connectivity index (χ4n) is 3.32. The topological polar surface area (TPSA) is 72.1 Å². The van der Waals surface area contributed by atoms with Gasteiger partial charge in [0.2, 0.25) is 5.75 Å². The summed E-state index contributed by atoms with van der Waals surface area (Å²) in [5.41, 5.74) is 0.700. The van der Waals surface area contributed by atoms with E-state index in [1.54, 1.807) is 6.07 Å². The molecule has 0 bridgehead atoms. The summed E-state index contributed by atoms with van der Waals surface area (Å²) in [6, 6.07) is 12.3. The molecule has 6 nitrogen and oxygen atoms in total. The zero-order valence-corrected chi connectivity index (χ0v) is 17.1. The second-order valence-corrected chi connectivity index (χ2v) is 6.70. The quantitative estimate of drug-likeness (QED) is 0.543. The highest BCUT2D eigenvalue weighted by Gasteiger charge is 2.20. The van der Waals surface area contributed by atoms with Crippen molar-refractivity contribution in [2.75, 3.05) is 33.4 Å². The lowest BCUT2D eigenvalue weighted by molar-refractivity contribution is 0.241. The summed E-state index contributed by atoms with van der Waals surface area (Å²) in [4.78, 5) is 15.0. The Kier molecular flexibility index (Phi) is 6.77. The van der Waals surface area contributed by atoms with Crippen LogP contribution in [0.15, 0.2) is 51.7 Å². The number of nitrogens with zero attached hydrogens (tertiary/aromatic N) is 1. The lowest BCUT2D eigenvalue weighted by atomic mass is 10.1. The minimum atomic E-state index is -0.339. The summed E-state index contributed by atoms with van der Waals surface area (Å²) < 4.78 is 17.1. The van der Waals surface area contributed by atoms with Crippen LogP contribution in [0.5, 0.6) is 17.2 Å². The second kappa shape index (κ2) is 9.47. The van der Waals surface area contributed by atoms with Gasteiger partial charge < -0.3 is 23.9 Å². The lowest BCUT2D eigenvalue weighted by Gasteiger charge is -2.18. The Morgan fingerprint density at radius 2 is 1.83 bits per heavy atom. The highest BCUT2D eigenvalue weighted by atomic mass is 16.5. The summed E-state index contributed by atoms with van der Waals surface area (Å²) in [6.07, 6.45) is 0.831. The molecule has 1 aromatic heterocycles. The summed E-state index contributed by atoms with van der Waals surface area (Å²) in [7, 11) is 1.43. The number of phenols is 1. The SMILES string of the molecule is CCN(CC)CCCOc1cc2oc(-c3ccccc3)cc(=O)c2c(O)c1OC. The van der Waals surface area contributed by atoms with Gasteiger partial charge in [0.25, 0.3) is 0 Å². The molecule has 3 aromatic rings. The van der Waals surface area contributed by atoms with Gasteiger partial charge in [-0.05, 0) is 19.5 Å². The average molecular weight is 397 g/mol. The highest BCUT2D eigenvalue weighted by Crippen LogP contribution is 2.42. The number of hydrogen-bond donors (Lipinski definition) is 1. The minimum Gasteiger partial charge on any atom is -0.504 e. The van der Waals surface area contributed by atoms with E-state index in [4.69, 9.17) is 13.9 Å². The molecule has 29 heavy (non-hydrogen) atoms. The van der Waals surface area contributed by atoms with Crippen molar-refractivity contribution in [3.05, 3.63) is 52.7 Å². The predicted molar refractivity (Wildman–Crippen MR) is 114 cm³/mol. The van der Waals surface area contributed by atoms with Crippen LogP contribution in [0.1, 0.15) is 20.3 Å². The number of rotatable bonds is 9. The maximum absolute atomic E-state index is 12.7. The third kappa shape index (κ3) is 4.54. The van der Waals surface area contributed by atoms with Crippen molar-refractivity contribution >= 4 is 11.0 Å². The van der Waals surface area contributed by atoms with Crippen LogP contribution in [-0.4, -0.2) is 43.4 Å². The van der Waals surface area contributed by atoms with Gasteiger partial charge in [0.15, 0.2) is 16.9 Å². The van der Waals surface area contributed by atoms with Gasteiger partial charge >= 0.3 is 0 Å². The average Bonchev–Trinajstić information content (AvgIpc) is 2.74. The van der Waals surface area contributed by atoms with E-state index in [9.17, 15) is 9.90 Å². The molecule has 0 atom stereocenters. The van der Waals surface area contributed by atoms with Crippen molar-refractivity contribution in [3.8, 4) is 28.6 Å². The van der Waals surface area contributed by atoms with E-state index in [2.05, 4.69) is 18.7 Å². The molecular formula is C23H27NO5. The fraction of sp³-hybridized carbons (Fsp3) is 0.348. The molecule has 1 heterocycles. The van der Waals surface area contributed by atoms with Crippen molar-refractivity contribution in [2.24, 2.45) is 0 Å². The number of phenolic OH excluding ortho intramolecular Hbond substituents is 1. The fourth-order valence-corrected chi connectivity index (χ4v) is 3.32. The number of hydrogen-bond acceptors (Lipinski definition) is 6. The van der Waals surface area contributed by atoms with E-state index in [1.165, 1.54) is 13.2 Å². The van der Waals surface area contributed by atoms with Crippen LogP contribution in [0, 0.1) is 0 Å². The Balaban J connectivity index is 1.94. The van der Waals surface area contributed by atoms with Crippen molar-refractivity contribution in [2.45, 2.75) is 20.3 Å². The molecule has 0 unspecified atom stereocenters. The van der Waals surface area contributed by atoms with Gasteiger partial charge in [-0.25, -0.2) is 0 Å². The molecule has 2 aromatic carbocycles. The van der Waals surface area contributed by atoms with E-state index in [1.807, 2.05) is 30.3 Å². The minimum absolute atomic E-state index is 0.0806. The molecule has 0 aliphatic rings. The molecule has 3 rings (SSSR count). The third-order valence-electron chi connectivity index (χ3n) is 4.95. The number of methoxy groups -OCH3 is 1. The molecule has 0 spiro atoms. The van der Waals surface area contributed by atoms with E-state index in [0.717, 1.165) is 31.6 Å². The molecule has 0 saturated carbocycles. The zero-order valence-electron chi connectivity index (χ0n) is 17.1. The van der Waals surface area contributed by atoms with Gasteiger partial charge in [-0.1, -0.05) is 44.2 Å². The van der Waals surface area contributed by atoms with Gasteiger partial charge in [0.05, 0.1) is 13.7 Å². The first-order valence-electron chi connectivity index (χ1n) is 9.87. The number of aromatic hydroxyl groups is 1. The van der Waals surface area contributed by atoms with Crippen LogP contribution in [0.3, 0.4) is 0 Å². The molecule has 0 fully saturated rings. The smallest absolute Gasteiger partial charge is 0.204 e. The second-order valence-electron chi connectivity index (χ2n) is 6.70. The lowest BCUT2D eigenvalue weighted by Crippen LogP contribution is -2.25. The van der Waals surface area contributed by atoms with Crippen LogP contribution in [-0.2, 0) is 0 Å². The van der Waals surface area contributed by atoms with Crippen molar-refractivity contribution in [3.63, 3.8) is 0 Å².